The Morgan fingerprint density at radius 3 is 2.84 bits per heavy atom. The first kappa shape index (κ1) is 28.2. The number of hydrogen-bond donors (Lipinski definition) is 2. The summed E-state index contributed by atoms with van der Waals surface area (Å²) >= 11 is 0. The van der Waals surface area contributed by atoms with E-state index in [1.807, 2.05) is 0 Å². The monoisotopic (exact) mass is 531 g/mol. The van der Waals surface area contributed by atoms with Crippen LogP contribution in [0.1, 0.15) is 74.4 Å². The van der Waals surface area contributed by atoms with Gasteiger partial charge >= 0.3 is 5.97 Å². The second-order valence-corrected chi connectivity index (χ2v) is 10.7. The van der Waals surface area contributed by atoms with Gasteiger partial charge in [-0.2, -0.15) is 0 Å². The maximum Gasteiger partial charge on any atom is 0.325 e. The number of aliphatic carboxylic acids is 1. The van der Waals surface area contributed by atoms with E-state index in [-0.39, 0.29) is 23.0 Å². The molecule has 0 amide bonds. The van der Waals surface area contributed by atoms with Crippen LogP contribution in [0.2, 0.25) is 0 Å². The van der Waals surface area contributed by atoms with Crippen molar-refractivity contribution in [3.63, 3.8) is 0 Å². The molecule has 2 aliphatic rings. The van der Waals surface area contributed by atoms with E-state index in [0.717, 1.165) is 62.6 Å². The zero-order valence-corrected chi connectivity index (χ0v) is 22.6. The first-order chi connectivity index (χ1) is 18.2. The first-order valence-corrected chi connectivity index (χ1v) is 13.6. The smallest absolute Gasteiger partial charge is 0.325 e. The molecule has 2 N–H and O–H groups in total. The van der Waals surface area contributed by atoms with Crippen LogP contribution in [0, 0.1) is 5.82 Å². The number of anilines is 1. The van der Waals surface area contributed by atoms with Gasteiger partial charge in [-0.05, 0) is 81.7 Å². The van der Waals surface area contributed by atoms with Gasteiger partial charge in [0.2, 0.25) is 0 Å². The van der Waals surface area contributed by atoms with Crippen molar-refractivity contribution in [2.45, 2.75) is 76.6 Å². The van der Waals surface area contributed by atoms with E-state index in [1.54, 1.807) is 4.90 Å². The number of halogens is 2. The molecule has 7 nitrogen and oxygen atoms in total. The van der Waals surface area contributed by atoms with Gasteiger partial charge in [0.15, 0.2) is 11.6 Å². The van der Waals surface area contributed by atoms with Crippen molar-refractivity contribution >= 4 is 11.8 Å². The van der Waals surface area contributed by atoms with Crippen LogP contribution in [0.5, 0.6) is 5.75 Å². The molecule has 0 radical (unpaired) electrons. The van der Waals surface area contributed by atoms with Crippen LogP contribution in [-0.2, 0) is 28.0 Å². The summed E-state index contributed by atoms with van der Waals surface area (Å²) in [4.78, 5) is 18.8. The maximum absolute atomic E-state index is 14.7. The molecule has 0 spiro atoms. The molecule has 2 aromatic rings. The summed E-state index contributed by atoms with van der Waals surface area (Å²) in [6, 6.07) is 5.62. The molecule has 2 aliphatic heterocycles. The van der Waals surface area contributed by atoms with E-state index in [4.69, 9.17) is 14.5 Å². The number of hydrogen-bond acceptors (Lipinski definition) is 6. The summed E-state index contributed by atoms with van der Waals surface area (Å²) in [5, 5.41) is 13.4. The van der Waals surface area contributed by atoms with E-state index >= 15 is 0 Å². The molecular weight excluding hydrogens is 492 g/mol. The number of fused-ring (bicyclic) bond motifs is 1. The SMILES string of the molecule is COc1c(F)cc(C(C)(C)F)cc1[C@@H](C(=O)O)N1CC[C@@H](OCCCCCc2ccc3c(n2)NCCC3)C1. The quantitative estimate of drug-likeness (QED) is 0.354. The molecule has 0 bridgehead atoms. The van der Waals surface area contributed by atoms with Gasteiger partial charge in [0, 0.05) is 37.5 Å². The van der Waals surface area contributed by atoms with Gasteiger partial charge in [0.1, 0.15) is 17.5 Å². The van der Waals surface area contributed by atoms with Gasteiger partial charge < -0.3 is 19.9 Å². The van der Waals surface area contributed by atoms with Gasteiger partial charge in [0.05, 0.1) is 13.2 Å². The molecule has 0 unspecified atom stereocenters. The van der Waals surface area contributed by atoms with E-state index in [0.29, 0.717) is 26.1 Å². The Kier molecular flexibility index (Phi) is 9.20. The van der Waals surface area contributed by atoms with Crippen LogP contribution in [0.15, 0.2) is 24.3 Å². The lowest BCUT2D eigenvalue weighted by Gasteiger charge is -2.27. The van der Waals surface area contributed by atoms with Crippen LogP contribution in [-0.4, -0.2) is 60.4 Å². The standard InChI is InChI=1S/C29H39F2N3O4/c1-29(2,31)20-16-23(26(37-3)24(30)17-20)25(28(35)36)34-14-12-22(18-34)38-15-6-4-5-9-21-11-10-19-8-7-13-32-27(19)33-21/h10-11,16-17,22,25H,4-9,12-15,18H2,1-3H3,(H,32,33)(H,35,36)/t22-,25+/m1/s1. The summed E-state index contributed by atoms with van der Waals surface area (Å²) < 4.78 is 40.6. The number of aromatic nitrogens is 1. The fraction of sp³-hybridized carbons (Fsp3) is 0.586. The third-order valence-corrected chi connectivity index (χ3v) is 7.42. The number of methoxy groups -OCH3 is 1. The summed E-state index contributed by atoms with van der Waals surface area (Å²) in [7, 11) is 1.29. The van der Waals surface area contributed by atoms with Crippen molar-refractivity contribution in [2.24, 2.45) is 0 Å². The molecule has 4 rings (SSSR count). The highest BCUT2D eigenvalue weighted by atomic mass is 19.1. The Labute approximate surface area is 223 Å². The van der Waals surface area contributed by atoms with Crippen LogP contribution in [0.4, 0.5) is 14.6 Å². The lowest BCUT2D eigenvalue weighted by Crippen LogP contribution is -2.34. The van der Waals surface area contributed by atoms with Gasteiger partial charge in [0.25, 0.3) is 0 Å². The topological polar surface area (TPSA) is 83.9 Å². The van der Waals surface area contributed by atoms with Crippen molar-refractivity contribution in [1.82, 2.24) is 9.88 Å². The molecule has 0 saturated carbocycles. The number of carbonyl (C=O) groups is 1. The fourth-order valence-corrected chi connectivity index (χ4v) is 5.33. The highest BCUT2D eigenvalue weighted by Gasteiger charge is 2.37. The molecule has 3 heterocycles. The summed E-state index contributed by atoms with van der Waals surface area (Å²) in [6.45, 7) is 5.09. The predicted molar refractivity (Wildman–Crippen MR) is 142 cm³/mol. The van der Waals surface area contributed by atoms with Crippen molar-refractivity contribution in [3.05, 3.63) is 52.5 Å². The largest absolute Gasteiger partial charge is 0.493 e. The minimum Gasteiger partial charge on any atom is -0.493 e. The Bertz CT molecular complexity index is 1120. The third kappa shape index (κ3) is 6.80. The number of benzene rings is 1. The zero-order valence-electron chi connectivity index (χ0n) is 22.6. The van der Waals surface area contributed by atoms with E-state index < -0.39 is 23.5 Å². The average Bonchev–Trinajstić information content (AvgIpc) is 3.33. The number of carboxylic acid groups (broad SMARTS) is 1. The minimum absolute atomic E-state index is 0.0749. The van der Waals surface area contributed by atoms with Gasteiger partial charge in [-0.15, -0.1) is 0 Å². The van der Waals surface area contributed by atoms with Gasteiger partial charge in [-0.3, -0.25) is 9.69 Å². The highest BCUT2D eigenvalue weighted by molar-refractivity contribution is 5.77. The van der Waals surface area contributed by atoms with Crippen LogP contribution >= 0.6 is 0 Å². The Balaban J connectivity index is 1.27. The number of nitrogens with one attached hydrogen (secondary N) is 1. The Hall–Kier alpha value is -2.78. The minimum atomic E-state index is -1.82. The summed E-state index contributed by atoms with van der Waals surface area (Å²) in [6.07, 6.45) is 6.69. The zero-order chi connectivity index (χ0) is 27.3. The van der Waals surface area contributed by atoms with E-state index in [1.165, 1.54) is 32.6 Å². The molecule has 1 aromatic carbocycles. The van der Waals surface area contributed by atoms with Crippen LogP contribution < -0.4 is 10.1 Å². The molecule has 1 saturated heterocycles. The molecule has 0 aliphatic carbocycles. The van der Waals surface area contributed by atoms with E-state index in [2.05, 4.69) is 17.4 Å². The Morgan fingerprint density at radius 2 is 2.11 bits per heavy atom. The normalized spacial score (nSPS) is 18.6. The molecule has 1 aromatic heterocycles. The number of alkyl halides is 1. The molecule has 2 atom stereocenters. The number of aryl methyl sites for hydroxylation is 2. The predicted octanol–water partition coefficient (Wildman–Crippen LogP) is 5.42. The highest BCUT2D eigenvalue weighted by Crippen LogP contribution is 2.38. The Morgan fingerprint density at radius 1 is 1.29 bits per heavy atom. The number of likely N-dealkylation sites (tertiary alicyclic amines) is 1. The molecular formula is C29H39F2N3O4. The number of pyridine rings is 1. The maximum atomic E-state index is 14.7. The lowest BCUT2D eigenvalue weighted by atomic mass is 9.94. The van der Waals surface area contributed by atoms with Gasteiger partial charge in [-0.25, -0.2) is 13.8 Å². The van der Waals surface area contributed by atoms with Crippen molar-refractivity contribution in [1.29, 1.82) is 0 Å². The van der Waals surface area contributed by atoms with Crippen molar-refractivity contribution in [2.75, 3.05) is 38.7 Å². The van der Waals surface area contributed by atoms with E-state index in [9.17, 15) is 18.7 Å². The average molecular weight is 532 g/mol. The number of ether oxygens (including phenoxy) is 2. The van der Waals surface area contributed by atoms with Crippen LogP contribution in [0.3, 0.4) is 0 Å². The van der Waals surface area contributed by atoms with Gasteiger partial charge in [-0.1, -0.05) is 12.5 Å². The molecule has 38 heavy (non-hydrogen) atoms. The second kappa shape index (κ2) is 12.4. The third-order valence-electron chi connectivity index (χ3n) is 7.42. The number of unbranched alkanes of at least 4 members (excludes halogenated alkanes) is 2. The number of rotatable bonds is 12. The molecule has 1 fully saturated rings. The fourth-order valence-electron chi connectivity index (χ4n) is 5.33. The lowest BCUT2D eigenvalue weighted by molar-refractivity contribution is -0.143. The van der Waals surface area contributed by atoms with Crippen molar-refractivity contribution in [3.8, 4) is 5.75 Å². The second-order valence-electron chi connectivity index (χ2n) is 10.7. The first-order valence-electron chi connectivity index (χ1n) is 13.6. The molecule has 208 valence electrons. The van der Waals surface area contributed by atoms with Crippen LogP contribution in [0.25, 0.3) is 0 Å². The number of carboxylic acids is 1. The molecule has 9 heteroatoms. The number of nitrogens with zero attached hydrogens (tertiary/aromatic N) is 2. The summed E-state index contributed by atoms with van der Waals surface area (Å²) in [5.74, 6) is -1.05. The summed E-state index contributed by atoms with van der Waals surface area (Å²) in [5.41, 5.74) is 0.774. The van der Waals surface area contributed by atoms with Crippen molar-refractivity contribution < 1.29 is 28.2 Å².